The third-order valence-corrected chi connectivity index (χ3v) is 5.27. The molecule has 4 nitrogen and oxygen atoms in total. The molecule has 0 aliphatic heterocycles. The van der Waals surface area contributed by atoms with Crippen LogP contribution in [-0.2, 0) is 19.3 Å². The first kappa shape index (κ1) is 20.9. The summed E-state index contributed by atoms with van der Waals surface area (Å²) in [5.74, 6) is 2.70. The topological polar surface area (TPSA) is 47.9 Å². The molecule has 0 amide bonds. The van der Waals surface area contributed by atoms with Gasteiger partial charge < -0.3 is 19.0 Å². The summed E-state index contributed by atoms with van der Waals surface area (Å²) in [4.78, 5) is 0. The maximum atomic E-state index is 10.7. The summed E-state index contributed by atoms with van der Waals surface area (Å²) in [6.07, 6.45) is 6.48. The maximum Gasteiger partial charge on any atom is 0.204 e. The van der Waals surface area contributed by atoms with Crippen molar-refractivity contribution in [2.75, 3.05) is 14.2 Å². The number of methoxy groups -OCH3 is 2. The van der Waals surface area contributed by atoms with Gasteiger partial charge in [-0.15, -0.1) is 0 Å². The van der Waals surface area contributed by atoms with Gasteiger partial charge in [0.25, 0.3) is 0 Å². The molecule has 1 N–H and O–H groups in total. The van der Waals surface area contributed by atoms with Crippen molar-refractivity contribution in [2.24, 2.45) is 0 Å². The largest absolute Gasteiger partial charge is 0.552 e. The molecule has 2 aromatic carbocycles. The highest BCUT2D eigenvalue weighted by Crippen LogP contribution is 2.40. The molecule has 0 radical (unpaired) electrons. The number of aromatic hydroxyl groups is 1. The van der Waals surface area contributed by atoms with Crippen LogP contribution >= 0.6 is 0 Å². The fourth-order valence-corrected chi connectivity index (χ4v) is 3.99. The monoisotopic (exact) mass is 386 g/mol. The third kappa shape index (κ3) is 4.30. The van der Waals surface area contributed by atoms with Crippen molar-refractivity contribution in [2.45, 2.75) is 40.0 Å². The van der Waals surface area contributed by atoms with Crippen molar-refractivity contribution in [3.63, 3.8) is 0 Å². The molecule has 2 rings (SSSR count). The van der Waals surface area contributed by atoms with Gasteiger partial charge in [0.05, 0.1) is 14.2 Å². The fraction of sp³-hybridized carbons (Fsp3) is 0.364. The van der Waals surface area contributed by atoms with Gasteiger partial charge in [-0.1, -0.05) is 32.9 Å². The first-order valence-electron chi connectivity index (χ1n) is 9.39. The minimum atomic E-state index is 0.392. The molecule has 0 unspecified atom stereocenters. The van der Waals surface area contributed by atoms with Gasteiger partial charge in [-0.2, -0.15) is 0 Å². The number of benzene rings is 2. The number of phenols is 1. The maximum absolute atomic E-state index is 10.7. The Kier molecular flexibility index (Phi) is 7.36. The first-order valence-corrected chi connectivity index (χ1v) is 10.2. The lowest BCUT2D eigenvalue weighted by Crippen LogP contribution is -2.04. The van der Waals surface area contributed by atoms with Crippen LogP contribution < -0.4 is 13.9 Å². The molecule has 0 atom stereocenters. The van der Waals surface area contributed by atoms with Gasteiger partial charge in [-0.05, 0) is 48.1 Å². The quantitative estimate of drug-likeness (QED) is 0.552. The molecule has 0 bridgehead atoms. The van der Waals surface area contributed by atoms with E-state index in [0.29, 0.717) is 16.2 Å². The van der Waals surface area contributed by atoms with Gasteiger partial charge in [-0.25, -0.2) is 0 Å². The molecule has 27 heavy (non-hydrogen) atoms. The van der Waals surface area contributed by atoms with E-state index in [0.717, 1.165) is 64.3 Å². The second-order valence-electron chi connectivity index (χ2n) is 6.27. The van der Waals surface area contributed by atoms with E-state index in [2.05, 4.69) is 19.9 Å². The van der Waals surface area contributed by atoms with Gasteiger partial charge in [0.15, 0.2) is 0 Å². The van der Waals surface area contributed by atoms with Crippen LogP contribution in [0.5, 0.6) is 23.0 Å². The molecular formula is C22H30O4Si. The first-order chi connectivity index (χ1) is 13.0. The Hall–Kier alpha value is -2.40. The van der Waals surface area contributed by atoms with Crippen LogP contribution in [0, 0.1) is 0 Å². The Morgan fingerprint density at radius 1 is 0.852 bits per heavy atom. The van der Waals surface area contributed by atoms with Crippen LogP contribution in [0.2, 0.25) is 0 Å². The van der Waals surface area contributed by atoms with Gasteiger partial charge in [-0.3, -0.25) is 0 Å². The van der Waals surface area contributed by atoms with E-state index in [1.165, 1.54) is 0 Å². The molecule has 2 aromatic rings. The van der Waals surface area contributed by atoms with Crippen LogP contribution in [0.25, 0.3) is 12.2 Å². The Morgan fingerprint density at radius 2 is 1.41 bits per heavy atom. The van der Waals surface area contributed by atoms with Crippen molar-refractivity contribution in [3.05, 3.63) is 46.0 Å². The molecule has 0 aromatic heterocycles. The predicted octanol–water partition coefficient (Wildman–Crippen LogP) is 3.93. The number of ether oxygens (including phenoxy) is 2. The standard InChI is InChI=1S/C22H30O4Si/c1-6-17-18(7-2)21(23)19(8-3)22(26-27)20(17)10-9-14-11-15(24-4)13-16(12-14)25-5/h9-13,23H,6-8H2,1-5,27H3. The average molecular weight is 387 g/mol. The SMILES string of the molecule is CCc1c(O)c(CC)c(O[SiH3])c(C=Cc2cc(OC)cc(OC)c2)c1CC. The molecule has 0 saturated carbocycles. The van der Waals surface area contributed by atoms with Crippen LogP contribution in [0.15, 0.2) is 18.2 Å². The highest BCUT2D eigenvalue weighted by atomic mass is 28.2. The Balaban J connectivity index is 2.65. The molecule has 0 aliphatic rings. The second kappa shape index (κ2) is 9.51. The molecule has 0 heterocycles. The molecule has 5 heteroatoms. The molecule has 0 fully saturated rings. The van der Waals surface area contributed by atoms with E-state index >= 15 is 0 Å². The van der Waals surface area contributed by atoms with Crippen LogP contribution in [-0.4, -0.2) is 29.8 Å². The van der Waals surface area contributed by atoms with E-state index in [1.54, 1.807) is 14.2 Å². The molecule has 0 spiro atoms. The van der Waals surface area contributed by atoms with E-state index < -0.39 is 0 Å². The summed E-state index contributed by atoms with van der Waals surface area (Å²) >= 11 is 0. The zero-order valence-electron chi connectivity index (χ0n) is 17.2. The van der Waals surface area contributed by atoms with Crippen molar-refractivity contribution in [3.8, 4) is 23.0 Å². The summed E-state index contributed by atoms with van der Waals surface area (Å²) in [5, 5.41) is 10.7. The zero-order valence-corrected chi connectivity index (χ0v) is 19.2. The van der Waals surface area contributed by atoms with Crippen LogP contribution in [0.3, 0.4) is 0 Å². The van der Waals surface area contributed by atoms with Gasteiger partial charge in [0.1, 0.15) is 23.0 Å². The minimum absolute atomic E-state index is 0.392. The minimum Gasteiger partial charge on any atom is -0.552 e. The third-order valence-electron chi connectivity index (χ3n) is 4.86. The second-order valence-corrected chi connectivity index (χ2v) is 6.68. The Morgan fingerprint density at radius 3 is 1.85 bits per heavy atom. The zero-order chi connectivity index (χ0) is 20.0. The van der Waals surface area contributed by atoms with Gasteiger partial charge in [0.2, 0.25) is 10.5 Å². The summed E-state index contributed by atoms with van der Waals surface area (Å²) in [6, 6.07) is 5.79. The Labute approximate surface area is 165 Å². The lowest BCUT2D eigenvalue weighted by Gasteiger charge is -2.21. The van der Waals surface area contributed by atoms with Crippen molar-refractivity contribution >= 4 is 22.6 Å². The van der Waals surface area contributed by atoms with E-state index in [4.69, 9.17) is 13.9 Å². The molecular weight excluding hydrogens is 356 g/mol. The highest BCUT2D eigenvalue weighted by molar-refractivity contribution is 6.01. The summed E-state index contributed by atoms with van der Waals surface area (Å²) in [7, 11) is 3.86. The Bertz CT molecular complexity index is 772. The molecule has 146 valence electrons. The van der Waals surface area contributed by atoms with Crippen molar-refractivity contribution < 1.29 is 19.0 Å². The smallest absolute Gasteiger partial charge is 0.204 e. The summed E-state index contributed by atoms with van der Waals surface area (Å²) in [6.45, 7) is 6.24. The number of hydrogen-bond donors (Lipinski definition) is 1. The van der Waals surface area contributed by atoms with Gasteiger partial charge in [0, 0.05) is 17.2 Å². The summed E-state index contributed by atoms with van der Waals surface area (Å²) in [5.41, 5.74) is 5.09. The number of hydrogen-bond acceptors (Lipinski definition) is 4. The van der Waals surface area contributed by atoms with E-state index in [1.807, 2.05) is 31.2 Å². The average Bonchev–Trinajstić information content (AvgIpc) is 2.71. The molecule has 0 aliphatic carbocycles. The number of phenolic OH excluding ortho intramolecular Hbond substituents is 1. The summed E-state index contributed by atoms with van der Waals surface area (Å²) < 4.78 is 16.6. The highest BCUT2D eigenvalue weighted by Gasteiger charge is 2.20. The van der Waals surface area contributed by atoms with E-state index in [-0.39, 0.29) is 0 Å². The van der Waals surface area contributed by atoms with Crippen LogP contribution in [0.1, 0.15) is 48.6 Å². The lowest BCUT2D eigenvalue weighted by molar-refractivity contribution is 0.394. The fourth-order valence-electron chi connectivity index (χ4n) is 3.52. The van der Waals surface area contributed by atoms with Crippen molar-refractivity contribution in [1.82, 2.24) is 0 Å². The van der Waals surface area contributed by atoms with Gasteiger partial charge >= 0.3 is 0 Å². The van der Waals surface area contributed by atoms with Crippen molar-refractivity contribution in [1.29, 1.82) is 0 Å². The molecule has 0 saturated heterocycles. The van der Waals surface area contributed by atoms with Crippen LogP contribution in [0.4, 0.5) is 0 Å². The van der Waals surface area contributed by atoms with E-state index in [9.17, 15) is 5.11 Å². The predicted molar refractivity (Wildman–Crippen MR) is 115 cm³/mol. The normalized spacial score (nSPS) is 11.1. The lowest BCUT2D eigenvalue weighted by atomic mass is 9.90. The number of rotatable bonds is 8.